The van der Waals surface area contributed by atoms with Crippen LogP contribution in [0.3, 0.4) is 0 Å². The molecule has 2 aromatic carbocycles. The van der Waals surface area contributed by atoms with Crippen LogP contribution in [0.4, 0.5) is 0 Å². The van der Waals surface area contributed by atoms with Crippen LogP contribution in [0.2, 0.25) is 0 Å². The van der Waals surface area contributed by atoms with Gasteiger partial charge in [0.05, 0.1) is 10.5 Å². The van der Waals surface area contributed by atoms with Gasteiger partial charge in [0.1, 0.15) is 0 Å². The van der Waals surface area contributed by atoms with Gasteiger partial charge in [0.25, 0.3) is 5.70 Å². The Morgan fingerprint density at radius 3 is 2.32 bits per heavy atom. The van der Waals surface area contributed by atoms with Crippen LogP contribution in [-0.2, 0) is 0 Å². The molecular weight excluding hydrogens is 238 g/mol. The summed E-state index contributed by atoms with van der Waals surface area (Å²) in [7, 11) is 0. The van der Waals surface area contributed by atoms with E-state index in [2.05, 4.69) is 0 Å². The zero-order chi connectivity index (χ0) is 13.8. The van der Waals surface area contributed by atoms with Crippen molar-refractivity contribution in [3.8, 4) is 0 Å². The van der Waals surface area contributed by atoms with E-state index < -0.39 is 0 Å². The monoisotopic (exact) mass is 253 g/mol. The normalized spacial score (nSPS) is 11.4. The molecule has 96 valence electrons. The second-order valence-corrected chi connectivity index (χ2v) is 4.50. The number of hydrogen-bond acceptors (Lipinski definition) is 2. The summed E-state index contributed by atoms with van der Waals surface area (Å²) in [6, 6.07) is 14.8. The van der Waals surface area contributed by atoms with E-state index in [1.165, 1.54) is 5.56 Å². The number of hydrogen-bond donors (Lipinski definition) is 0. The fraction of sp³-hybridized carbons (Fsp3) is 0.125. The van der Waals surface area contributed by atoms with Crippen molar-refractivity contribution in [3.63, 3.8) is 0 Å². The van der Waals surface area contributed by atoms with E-state index in [4.69, 9.17) is 0 Å². The molecule has 0 radical (unpaired) electrons. The van der Waals surface area contributed by atoms with Gasteiger partial charge in [-0.2, -0.15) is 0 Å². The van der Waals surface area contributed by atoms with Gasteiger partial charge in [-0.05, 0) is 42.7 Å². The molecule has 0 N–H and O–H groups in total. The van der Waals surface area contributed by atoms with Crippen LogP contribution in [0, 0.1) is 24.0 Å². The minimum atomic E-state index is -0.343. The molecule has 0 atom stereocenters. The summed E-state index contributed by atoms with van der Waals surface area (Å²) in [5.41, 5.74) is 3.89. The van der Waals surface area contributed by atoms with E-state index in [1.807, 2.05) is 38.1 Å². The second-order valence-electron chi connectivity index (χ2n) is 4.50. The molecule has 2 rings (SSSR count). The first-order chi connectivity index (χ1) is 9.08. The van der Waals surface area contributed by atoms with Gasteiger partial charge in [-0.1, -0.05) is 36.4 Å². The molecule has 0 unspecified atom stereocenters. The molecule has 0 heterocycles. The van der Waals surface area contributed by atoms with E-state index in [0.717, 1.165) is 11.1 Å². The zero-order valence-electron chi connectivity index (χ0n) is 11.0. The molecular formula is C16H15NO2. The number of nitro groups is 1. The van der Waals surface area contributed by atoms with Gasteiger partial charge in [-0.3, -0.25) is 10.1 Å². The first-order valence-electron chi connectivity index (χ1n) is 6.06. The molecule has 0 aliphatic carbocycles. The van der Waals surface area contributed by atoms with Gasteiger partial charge < -0.3 is 0 Å². The molecule has 0 spiro atoms. The van der Waals surface area contributed by atoms with Crippen molar-refractivity contribution in [1.82, 2.24) is 0 Å². The quantitative estimate of drug-likeness (QED) is 0.470. The summed E-state index contributed by atoms with van der Waals surface area (Å²) in [5, 5.41) is 11.2. The van der Waals surface area contributed by atoms with E-state index in [1.54, 1.807) is 30.3 Å². The van der Waals surface area contributed by atoms with Crippen LogP contribution in [0.5, 0.6) is 0 Å². The van der Waals surface area contributed by atoms with Crippen molar-refractivity contribution in [2.75, 3.05) is 0 Å². The van der Waals surface area contributed by atoms with Gasteiger partial charge >= 0.3 is 0 Å². The molecule has 0 fully saturated rings. The van der Waals surface area contributed by atoms with Crippen LogP contribution < -0.4 is 0 Å². The maximum atomic E-state index is 11.2. The van der Waals surface area contributed by atoms with Gasteiger partial charge in [-0.25, -0.2) is 0 Å². The lowest BCUT2D eigenvalue weighted by Crippen LogP contribution is -1.97. The maximum Gasteiger partial charge on any atom is 0.277 e. The first-order valence-corrected chi connectivity index (χ1v) is 6.06. The third-order valence-corrected chi connectivity index (χ3v) is 3.10. The third-order valence-electron chi connectivity index (χ3n) is 3.10. The van der Waals surface area contributed by atoms with Crippen molar-refractivity contribution in [2.24, 2.45) is 0 Å². The maximum absolute atomic E-state index is 11.2. The summed E-state index contributed by atoms with van der Waals surface area (Å²) < 4.78 is 0. The highest BCUT2D eigenvalue weighted by Gasteiger charge is 2.13. The number of aryl methyl sites for hydroxylation is 2. The molecule has 0 saturated heterocycles. The average molecular weight is 253 g/mol. The van der Waals surface area contributed by atoms with Crippen molar-refractivity contribution < 1.29 is 4.92 Å². The summed E-state index contributed by atoms with van der Waals surface area (Å²) >= 11 is 0. The lowest BCUT2D eigenvalue weighted by atomic mass is 10.0. The molecule has 0 aromatic heterocycles. The molecule has 19 heavy (non-hydrogen) atoms. The summed E-state index contributed by atoms with van der Waals surface area (Å²) in [6.07, 6.45) is 1.61. The Morgan fingerprint density at radius 1 is 1.05 bits per heavy atom. The van der Waals surface area contributed by atoms with Crippen molar-refractivity contribution >= 4 is 11.8 Å². The highest BCUT2D eigenvalue weighted by Crippen LogP contribution is 2.20. The van der Waals surface area contributed by atoms with Crippen LogP contribution in [0.25, 0.3) is 11.8 Å². The molecule has 0 aliphatic rings. The largest absolute Gasteiger partial charge is 0.277 e. The standard InChI is InChI=1S/C16H15NO2/c1-12-8-9-14(10-13(12)2)11-16(17(18)19)15-6-4-3-5-7-15/h3-11H,1-2H3. The summed E-state index contributed by atoms with van der Waals surface area (Å²) in [4.78, 5) is 10.9. The van der Waals surface area contributed by atoms with E-state index in [9.17, 15) is 10.1 Å². The molecule has 0 aliphatic heterocycles. The smallest absolute Gasteiger partial charge is 0.258 e. The second kappa shape index (κ2) is 5.48. The fourth-order valence-corrected chi connectivity index (χ4v) is 1.86. The Labute approximate surface area is 112 Å². The van der Waals surface area contributed by atoms with Crippen molar-refractivity contribution in [2.45, 2.75) is 13.8 Å². The SMILES string of the molecule is Cc1ccc(C=C(c2ccccc2)[N+](=O)[O-])cc1C. The minimum Gasteiger partial charge on any atom is -0.258 e. The average Bonchev–Trinajstić information content (AvgIpc) is 2.40. The van der Waals surface area contributed by atoms with Crippen molar-refractivity contribution in [1.29, 1.82) is 0 Å². The predicted molar refractivity (Wildman–Crippen MR) is 77.2 cm³/mol. The van der Waals surface area contributed by atoms with Gasteiger partial charge in [0.2, 0.25) is 0 Å². The van der Waals surface area contributed by atoms with Crippen LogP contribution in [0.15, 0.2) is 48.5 Å². The fourth-order valence-electron chi connectivity index (χ4n) is 1.86. The molecule has 0 bridgehead atoms. The van der Waals surface area contributed by atoms with Crippen molar-refractivity contribution in [3.05, 3.63) is 80.9 Å². The Balaban J connectivity index is 2.47. The van der Waals surface area contributed by atoms with E-state index in [-0.39, 0.29) is 10.6 Å². The van der Waals surface area contributed by atoms with Gasteiger partial charge in [0.15, 0.2) is 0 Å². The predicted octanol–water partition coefficient (Wildman–Crippen LogP) is 4.08. The van der Waals surface area contributed by atoms with Gasteiger partial charge in [0, 0.05) is 6.08 Å². The molecule has 2 aromatic rings. The van der Waals surface area contributed by atoms with Crippen LogP contribution >= 0.6 is 0 Å². The molecule has 3 heteroatoms. The molecule has 0 amide bonds. The molecule has 3 nitrogen and oxygen atoms in total. The van der Waals surface area contributed by atoms with Crippen LogP contribution in [0.1, 0.15) is 22.3 Å². The first kappa shape index (κ1) is 13.0. The lowest BCUT2D eigenvalue weighted by Gasteiger charge is -2.02. The number of benzene rings is 2. The topological polar surface area (TPSA) is 43.1 Å². The Morgan fingerprint density at radius 2 is 1.74 bits per heavy atom. The third kappa shape index (κ3) is 3.07. The van der Waals surface area contributed by atoms with E-state index in [0.29, 0.717) is 5.56 Å². The number of nitrogens with zero attached hydrogens (tertiary/aromatic N) is 1. The number of rotatable bonds is 3. The summed E-state index contributed by atoms with van der Waals surface area (Å²) in [6.45, 7) is 4.02. The van der Waals surface area contributed by atoms with Gasteiger partial charge in [-0.15, -0.1) is 0 Å². The Bertz CT molecular complexity index is 630. The Hall–Kier alpha value is -2.42. The lowest BCUT2D eigenvalue weighted by molar-refractivity contribution is -0.374. The molecule has 0 saturated carbocycles. The zero-order valence-corrected chi connectivity index (χ0v) is 11.0. The Kier molecular flexibility index (Phi) is 3.76. The van der Waals surface area contributed by atoms with E-state index >= 15 is 0 Å². The van der Waals surface area contributed by atoms with Crippen LogP contribution in [-0.4, -0.2) is 4.92 Å². The highest BCUT2D eigenvalue weighted by atomic mass is 16.6. The minimum absolute atomic E-state index is 0.115. The summed E-state index contributed by atoms with van der Waals surface area (Å²) in [5.74, 6) is 0. The highest BCUT2D eigenvalue weighted by molar-refractivity contribution is 5.76.